The lowest BCUT2D eigenvalue weighted by atomic mass is 10.2. The predicted octanol–water partition coefficient (Wildman–Crippen LogP) is 3.53. The molecule has 0 unspecified atom stereocenters. The highest BCUT2D eigenvalue weighted by atomic mass is 79.9. The number of fused-ring (bicyclic) bond motifs is 1. The first-order chi connectivity index (χ1) is 11.3. The van der Waals surface area contributed by atoms with Crippen LogP contribution in [-0.2, 0) is 19.4 Å². The molecule has 0 spiro atoms. The van der Waals surface area contributed by atoms with Gasteiger partial charge in [0.15, 0.2) is 4.91 Å². The molecule has 0 N–H and O–H groups in total. The summed E-state index contributed by atoms with van der Waals surface area (Å²) in [6.07, 6.45) is 1.14. The quantitative estimate of drug-likeness (QED) is 0.558. The van der Waals surface area contributed by atoms with Gasteiger partial charge < -0.3 is 9.64 Å². The van der Waals surface area contributed by atoms with E-state index in [0.29, 0.717) is 5.69 Å². The monoisotopic (exact) mass is 411 g/mol. The van der Waals surface area contributed by atoms with E-state index in [9.17, 15) is 17.6 Å². The molecule has 124 valence electrons. The van der Waals surface area contributed by atoms with Crippen LogP contribution in [0.25, 0.3) is 0 Å². The molecule has 0 saturated carbocycles. The smallest absolute Gasteiger partial charge is 0.351 e. The molecule has 1 aliphatic heterocycles. The number of ether oxygens (including phenoxy) is 1. The molecule has 0 amide bonds. The van der Waals surface area contributed by atoms with Crippen LogP contribution in [0.1, 0.15) is 0 Å². The van der Waals surface area contributed by atoms with Crippen molar-refractivity contribution < 1.29 is 22.3 Å². The number of halogens is 2. The fourth-order valence-corrected chi connectivity index (χ4v) is 4.23. The first-order valence-corrected chi connectivity index (χ1v) is 9.02. The molecular formula is C16H11BrFNO4S. The Bertz CT molecular complexity index is 972. The average molecular weight is 412 g/mol. The van der Waals surface area contributed by atoms with Crippen LogP contribution < -0.4 is 4.90 Å². The first kappa shape index (κ1) is 16.7. The molecule has 2 aromatic carbocycles. The lowest BCUT2D eigenvalue weighted by Gasteiger charge is -2.28. The van der Waals surface area contributed by atoms with Crippen molar-refractivity contribution >= 4 is 43.1 Å². The van der Waals surface area contributed by atoms with Gasteiger partial charge in [-0.25, -0.2) is 17.6 Å². The van der Waals surface area contributed by atoms with Gasteiger partial charge >= 0.3 is 5.97 Å². The zero-order valence-corrected chi connectivity index (χ0v) is 14.8. The summed E-state index contributed by atoms with van der Waals surface area (Å²) in [6, 6.07) is 10.3. The Balaban J connectivity index is 2.31. The Kier molecular flexibility index (Phi) is 4.18. The molecule has 1 aliphatic rings. The van der Waals surface area contributed by atoms with Gasteiger partial charge in [0.2, 0.25) is 9.84 Å². The Morgan fingerprint density at radius 1 is 1.21 bits per heavy atom. The van der Waals surface area contributed by atoms with Crippen LogP contribution in [0.2, 0.25) is 0 Å². The number of rotatable bonds is 2. The number of benzene rings is 2. The van der Waals surface area contributed by atoms with E-state index in [1.54, 1.807) is 24.3 Å². The summed E-state index contributed by atoms with van der Waals surface area (Å²) in [7, 11) is -3.00. The average Bonchev–Trinajstić information content (AvgIpc) is 2.54. The summed E-state index contributed by atoms with van der Waals surface area (Å²) in [5.74, 6) is -1.57. The molecule has 24 heavy (non-hydrogen) atoms. The third-order valence-corrected chi connectivity index (χ3v) is 5.75. The van der Waals surface area contributed by atoms with Crippen LogP contribution in [0.3, 0.4) is 0 Å². The summed E-state index contributed by atoms with van der Waals surface area (Å²) in [5.41, 5.74) is 0.688. The van der Waals surface area contributed by atoms with Gasteiger partial charge in [-0.15, -0.1) is 0 Å². The van der Waals surface area contributed by atoms with Crippen LogP contribution >= 0.6 is 15.9 Å². The Labute approximate surface area is 146 Å². The van der Waals surface area contributed by atoms with Crippen LogP contribution in [-0.4, -0.2) is 21.5 Å². The van der Waals surface area contributed by atoms with Crippen molar-refractivity contribution in [3.8, 4) is 0 Å². The van der Waals surface area contributed by atoms with Crippen molar-refractivity contribution in [1.82, 2.24) is 0 Å². The van der Waals surface area contributed by atoms with E-state index >= 15 is 0 Å². The van der Waals surface area contributed by atoms with Gasteiger partial charge in [-0.2, -0.15) is 0 Å². The third-order valence-electron chi connectivity index (χ3n) is 3.48. The fraction of sp³-hybridized carbons (Fsp3) is 0.0625. The molecule has 8 heteroatoms. The number of hydrogen-bond acceptors (Lipinski definition) is 5. The molecule has 5 nitrogen and oxygen atoms in total. The second kappa shape index (κ2) is 6.03. The second-order valence-electron chi connectivity index (χ2n) is 4.95. The number of hydrogen-bond donors (Lipinski definition) is 0. The highest BCUT2D eigenvalue weighted by Crippen LogP contribution is 2.40. The topological polar surface area (TPSA) is 63.7 Å². The van der Waals surface area contributed by atoms with Crippen molar-refractivity contribution in [2.24, 2.45) is 0 Å². The summed E-state index contributed by atoms with van der Waals surface area (Å²) in [5, 5.41) is 0. The van der Waals surface area contributed by atoms with Gasteiger partial charge in [0, 0.05) is 16.4 Å². The number of carbonyl (C=O) groups is 1. The molecule has 0 radical (unpaired) electrons. The van der Waals surface area contributed by atoms with Crippen LogP contribution in [0.5, 0.6) is 0 Å². The summed E-state index contributed by atoms with van der Waals surface area (Å²) >= 11 is 3.33. The third kappa shape index (κ3) is 2.71. The highest BCUT2D eigenvalue weighted by molar-refractivity contribution is 9.10. The molecule has 2 aromatic rings. The van der Waals surface area contributed by atoms with Gasteiger partial charge in [0.25, 0.3) is 0 Å². The molecule has 0 saturated heterocycles. The summed E-state index contributed by atoms with van der Waals surface area (Å²) < 4.78 is 44.3. The number of esters is 1. The van der Waals surface area contributed by atoms with Crippen LogP contribution in [0, 0.1) is 5.82 Å². The minimum atomic E-state index is -4.10. The molecular weight excluding hydrogens is 401 g/mol. The van der Waals surface area contributed by atoms with Crippen molar-refractivity contribution in [3.05, 3.63) is 63.9 Å². The lowest BCUT2D eigenvalue weighted by Crippen LogP contribution is -2.26. The van der Waals surface area contributed by atoms with E-state index in [1.165, 1.54) is 4.90 Å². The number of carbonyl (C=O) groups excluding carboxylic acids is 1. The second-order valence-corrected chi connectivity index (χ2v) is 7.75. The fourth-order valence-electron chi connectivity index (χ4n) is 2.38. The van der Waals surface area contributed by atoms with E-state index in [0.717, 1.165) is 36.0 Å². The first-order valence-electron chi connectivity index (χ1n) is 6.74. The van der Waals surface area contributed by atoms with Crippen molar-refractivity contribution in [3.63, 3.8) is 0 Å². The molecule has 1 heterocycles. The zero-order valence-electron chi connectivity index (χ0n) is 12.4. The largest absolute Gasteiger partial charge is 0.465 e. The summed E-state index contributed by atoms with van der Waals surface area (Å²) in [6.45, 7) is 0. The van der Waals surface area contributed by atoms with E-state index in [-0.39, 0.29) is 10.6 Å². The minimum Gasteiger partial charge on any atom is -0.465 e. The highest BCUT2D eigenvalue weighted by Gasteiger charge is 2.36. The van der Waals surface area contributed by atoms with E-state index in [4.69, 9.17) is 0 Å². The Morgan fingerprint density at radius 3 is 2.62 bits per heavy atom. The van der Waals surface area contributed by atoms with E-state index in [2.05, 4.69) is 20.7 Å². The number of sulfone groups is 1. The van der Waals surface area contributed by atoms with Crippen molar-refractivity contribution in [1.29, 1.82) is 0 Å². The normalized spacial score (nSPS) is 15.5. The zero-order chi connectivity index (χ0) is 17.5. The molecule has 3 rings (SSSR count). The SMILES string of the molecule is COC(=O)C1=CN(c2cccc(Br)c2)c2cc(F)ccc2S1(=O)=O. The lowest BCUT2D eigenvalue weighted by molar-refractivity contribution is -0.135. The van der Waals surface area contributed by atoms with Gasteiger partial charge in [0.05, 0.1) is 17.7 Å². The van der Waals surface area contributed by atoms with Crippen molar-refractivity contribution in [2.75, 3.05) is 12.0 Å². The van der Waals surface area contributed by atoms with E-state index in [1.807, 2.05) is 0 Å². The van der Waals surface area contributed by atoms with Gasteiger partial charge in [-0.1, -0.05) is 22.0 Å². The van der Waals surface area contributed by atoms with Crippen molar-refractivity contribution in [2.45, 2.75) is 4.90 Å². The number of nitrogens with zero attached hydrogens (tertiary/aromatic N) is 1. The molecule has 0 aliphatic carbocycles. The maximum Gasteiger partial charge on any atom is 0.351 e. The van der Waals surface area contributed by atoms with Crippen LogP contribution in [0.15, 0.2) is 62.9 Å². The molecule has 0 atom stereocenters. The van der Waals surface area contributed by atoms with Gasteiger partial charge in [-0.05, 0) is 36.4 Å². The van der Waals surface area contributed by atoms with Crippen LogP contribution in [0.4, 0.5) is 15.8 Å². The number of anilines is 2. The molecule has 0 aromatic heterocycles. The number of methoxy groups -OCH3 is 1. The van der Waals surface area contributed by atoms with Gasteiger partial charge in [-0.3, -0.25) is 0 Å². The Hall–Kier alpha value is -2.19. The maximum absolute atomic E-state index is 13.7. The van der Waals surface area contributed by atoms with E-state index < -0.39 is 26.5 Å². The predicted molar refractivity (Wildman–Crippen MR) is 90.0 cm³/mol. The molecule has 0 bridgehead atoms. The maximum atomic E-state index is 13.7. The Morgan fingerprint density at radius 2 is 1.96 bits per heavy atom. The molecule has 0 fully saturated rings. The minimum absolute atomic E-state index is 0.126. The summed E-state index contributed by atoms with van der Waals surface area (Å²) in [4.78, 5) is 12.7. The van der Waals surface area contributed by atoms with Gasteiger partial charge in [0.1, 0.15) is 5.82 Å². The standard InChI is InChI=1S/C16H11BrFNO4S/c1-23-16(20)15-9-19(12-4-2-3-10(17)7-12)13-8-11(18)5-6-14(13)24(15,21)22/h2-9H,1H3.